The number of rotatable bonds is 6. The molecular formula is C22H24N6O2. The second kappa shape index (κ2) is 7.12. The number of pyridine rings is 1. The summed E-state index contributed by atoms with van der Waals surface area (Å²) >= 11 is 0. The molecule has 1 amide bonds. The van der Waals surface area contributed by atoms with Gasteiger partial charge in [0.1, 0.15) is 0 Å². The minimum absolute atomic E-state index is 0.0906. The van der Waals surface area contributed by atoms with Gasteiger partial charge in [0.25, 0.3) is 5.91 Å². The van der Waals surface area contributed by atoms with Gasteiger partial charge in [0.15, 0.2) is 12.3 Å². The first kappa shape index (κ1) is 18.6. The Hall–Kier alpha value is -3.42. The van der Waals surface area contributed by atoms with Crippen LogP contribution in [0, 0.1) is 6.92 Å². The fourth-order valence-corrected chi connectivity index (χ4v) is 4.00. The summed E-state index contributed by atoms with van der Waals surface area (Å²) in [4.78, 5) is 17.0. The zero-order chi connectivity index (χ0) is 20.8. The summed E-state index contributed by atoms with van der Waals surface area (Å²) in [6.07, 6.45) is 4.20. The second-order valence-electron chi connectivity index (χ2n) is 7.95. The number of ether oxygens (including phenoxy) is 1. The first-order valence-electron chi connectivity index (χ1n) is 10.1. The third-order valence-corrected chi connectivity index (χ3v) is 5.63. The molecule has 30 heavy (non-hydrogen) atoms. The Morgan fingerprint density at radius 3 is 2.90 bits per heavy atom. The number of amides is 1. The molecule has 1 aromatic carbocycles. The molecule has 154 valence electrons. The quantitative estimate of drug-likeness (QED) is 0.534. The molecule has 0 radical (unpaired) electrons. The highest BCUT2D eigenvalue weighted by Crippen LogP contribution is 2.43. The molecule has 1 fully saturated rings. The molecule has 1 N–H and O–H groups in total. The van der Waals surface area contributed by atoms with Gasteiger partial charge in [-0.05, 0) is 30.9 Å². The SMILES string of the molecule is Cc1cc(OCC(=O)NCc2cccc3cnn(C)c23)nc2c1c(C1CC1)nn2C. The number of nitrogens with zero attached hydrogens (tertiary/aromatic N) is 5. The van der Waals surface area contributed by atoms with Crippen LogP contribution in [0.2, 0.25) is 0 Å². The Labute approximate surface area is 173 Å². The predicted molar refractivity (Wildman–Crippen MR) is 113 cm³/mol. The number of hydrogen-bond donors (Lipinski definition) is 1. The third kappa shape index (κ3) is 3.28. The first-order valence-corrected chi connectivity index (χ1v) is 10.1. The third-order valence-electron chi connectivity index (χ3n) is 5.63. The van der Waals surface area contributed by atoms with Gasteiger partial charge in [-0.1, -0.05) is 18.2 Å². The number of para-hydroxylation sites is 1. The Morgan fingerprint density at radius 1 is 1.27 bits per heavy atom. The fraction of sp³-hybridized carbons (Fsp3) is 0.364. The van der Waals surface area contributed by atoms with Crippen LogP contribution < -0.4 is 10.1 Å². The van der Waals surface area contributed by atoms with Crippen molar-refractivity contribution in [1.82, 2.24) is 29.9 Å². The lowest BCUT2D eigenvalue weighted by Crippen LogP contribution is -2.28. The molecule has 3 aromatic heterocycles. The van der Waals surface area contributed by atoms with Gasteiger partial charge in [-0.15, -0.1) is 0 Å². The first-order chi connectivity index (χ1) is 14.5. The number of carbonyl (C=O) groups is 1. The van der Waals surface area contributed by atoms with Crippen LogP contribution in [0.3, 0.4) is 0 Å². The van der Waals surface area contributed by atoms with Crippen LogP contribution in [0.25, 0.3) is 21.9 Å². The zero-order valence-electron chi connectivity index (χ0n) is 17.3. The molecule has 3 heterocycles. The summed E-state index contributed by atoms with van der Waals surface area (Å²) in [6.45, 7) is 2.36. The number of nitrogens with one attached hydrogen (secondary N) is 1. The standard InChI is InChI=1S/C22H24N6O2/c1-13-9-18(25-22-19(13)20(14-7-8-14)26-28(22)3)30-12-17(29)23-10-15-5-4-6-16-11-24-27(2)21(15)16/h4-6,9,11,14H,7-8,10,12H2,1-3H3,(H,23,29). The topological polar surface area (TPSA) is 86.9 Å². The van der Waals surface area contributed by atoms with E-state index in [0.717, 1.165) is 38.8 Å². The van der Waals surface area contributed by atoms with Crippen molar-refractivity contribution in [3.63, 3.8) is 0 Å². The van der Waals surface area contributed by atoms with Crippen molar-refractivity contribution in [3.8, 4) is 5.88 Å². The van der Waals surface area contributed by atoms with Crippen molar-refractivity contribution in [3.05, 3.63) is 47.3 Å². The van der Waals surface area contributed by atoms with Gasteiger partial charge in [-0.25, -0.2) is 0 Å². The lowest BCUT2D eigenvalue weighted by atomic mass is 10.1. The smallest absolute Gasteiger partial charge is 0.258 e. The Balaban J connectivity index is 1.27. The molecule has 0 spiro atoms. The maximum Gasteiger partial charge on any atom is 0.258 e. The number of carbonyl (C=O) groups excluding carboxylic acids is 1. The molecule has 0 aliphatic heterocycles. The van der Waals surface area contributed by atoms with Gasteiger partial charge in [0.2, 0.25) is 5.88 Å². The predicted octanol–water partition coefficient (Wildman–Crippen LogP) is 2.74. The molecule has 8 heteroatoms. The van der Waals surface area contributed by atoms with Gasteiger partial charge in [0.05, 0.1) is 17.4 Å². The lowest BCUT2D eigenvalue weighted by molar-refractivity contribution is -0.123. The van der Waals surface area contributed by atoms with Crippen LogP contribution in [-0.2, 0) is 25.4 Å². The highest BCUT2D eigenvalue weighted by molar-refractivity contribution is 5.84. The molecule has 4 aromatic rings. The number of benzene rings is 1. The summed E-state index contributed by atoms with van der Waals surface area (Å²) in [6, 6.07) is 7.85. The molecule has 1 saturated carbocycles. The van der Waals surface area contributed by atoms with E-state index >= 15 is 0 Å². The van der Waals surface area contributed by atoms with Crippen molar-refractivity contribution in [1.29, 1.82) is 0 Å². The van der Waals surface area contributed by atoms with Crippen molar-refractivity contribution < 1.29 is 9.53 Å². The van der Waals surface area contributed by atoms with Crippen LogP contribution in [-0.4, -0.2) is 37.1 Å². The minimum Gasteiger partial charge on any atom is -0.468 e. The largest absolute Gasteiger partial charge is 0.468 e. The molecular weight excluding hydrogens is 380 g/mol. The van der Waals surface area contributed by atoms with Gasteiger partial charge in [-0.3, -0.25) is 14.2 Å². The number of hydrogen-bond acceptors (Lipinski definition) is 5. The van der Waals surface area contributed by atoms with E-state index in [1.807, 2.05) is 56.2 Å². The van der Waals surface area contributed by atoms with E-state index in [1.165, 1.54) is 12.8 Å². The molecule has 0 unspecified atom stereocenters. The van der Waals surface area contributed by atoms with Crippen LogP contribution in [0.5, 0.6) is 5.88 Å². The molecule has 1 aliphatic carbocycles. The molecule has 0 atom stereocenters. The summed E-state index contributed by atoms with van der Waals surface area (Å²) in [7, 11) is 3.80. The average Bonchev–Trinajstić information content (AvgIpc) is 3.43. The van der Waals surface area contributed by atoms with Crippen LogP contribution in [0.1, 0.15) is 35.6 Å². The van der Waals surface area contributed by atoms with E-state index in [9.17, 15) is 4.79 Å². The van der Waals surface area contributed by atoms with E-state index in [0.29, 0.717) is 18.3 Å². The summed E-state index contributed by atoms with van der Waals surface area (Å²) in [5, 5.41) is 14.0. The van der Waals surface area contributed by atoms with E-state index in [-0.39, 0.29) is 12.5 Å². The van der Waals surface area contributed by atoms with E-state index in [1.54, 1.807) is 4.68 Å². The van der Waals surface area contributed by atoms with Crippen molar-refractivity contribution >= 4 is 27.8 Å². The normalized spacial score (nSPS) is 13.8. The lowest BCUT2D eigenvalue weighted by Gasteiger charge is -2.09. The van der Waals surface area contributed by atoms with Crippen molar-refractivity contribution in [2.45, 2.75) is 32.2 Å². The molecule has 0 bridgehead atoms. The highest BCUT2D eigenvalue weighted by atomic mass is 16.5. The summed E-state index contributed by atoms with van der Waals surface area (Å²) < 4.78 is 9.32. The maximum atomic E-state index is 12.4. The van der Waals surface area contributed by atoms with Gasteiger partial charge < -0.3 is 10.1 Å². The Bertz CT molecular complexity index is 1270. The van der Waals surface area contributed by atoms with E-state index in [2.05, 4.69) is 20.5 Å². The van der Waals surface area contributed by atoms with Gasteiger partial charge >= 0.3 is 0 Å². The number of aromatic nitrogens is 5. The van der Waals surface area contributed by atoms with Gasteiger partial charge in [0, 0.05) is 43.4 Å². The maximum absolute atomic E-state index is 12.4. The van der Waals surface area contributed by atoms with E-state index < -0.39 is 0 Å². The number of aryl methyl sites for hydroxylation is 3. The fourth-order valence-electron chi connectivity index (χ4n) is 4.00. The van der Waals surface area contributed by atoms with Crippen molar-refractivity contribution in [2.24, 2.45) is 14.1 Å². The van der Waals surface area contributed by atoms with Crippen LogP contribution in [0.15, 0.2) is 30.5 Å². The summed E-state index contributed by atoms with van der Waals surface area (Å²) in [5.41, 5.74) is 5.04. The highest BCUT2D eigenvalue weighted by Gasteiger charge is 2.30. The molecule has 5 rings (SSSR count). The molecule has 1 aliphatic rings. The van der Waals surface area contributed by atoms with Crippen LogP contribution in [0.4, 0.5) is 0 Å². The summed E-state index contributed by atoms with van der Waals surface area (Å²) in [5.74, 6) is 0.794. The monoisotopic (exact) mass is 404 g/mol. The number of fused-ring (bicyclic) bond motifs is 2. The Morgan fingerprint density at radius 2 is 2.10 bits per heavy atom. The molecule has 0 saturated heterocycles. The van der Waals surface area contributed by atoms with Crippen molar-refractivity contribution in [2.75, 3.05) is 6.61 Å². The molecule has 8 nitrogen and oxygen atoms in total. The van der Waals surface area contributed by atoms with E-state index in [4.69, 9.17) is 4.74 Å². The second-order valence-corrected chi connectivity index (χ2v) is 7.95. The van der Waals surface area contributed by atoms with Gasteiger partial charge in [-0.2, -0.15) is 15.2 Å². The Kier molecular flexibility index (Phi) is 4.42. The van der Waals surface area contributed by atoms with Crippen LogP contribution >= 0.6 is 0 Å². The average molecular weight is 404 g/mol. The zero-order valence-corrected chi connectivity index (χ0v) is 17.3. The minimum atomic E-state index is -0.197.